The van der Waals surface area contributed by atoms with Crippen LogP contribution in [0.4, 0.5) is 5.69 Å². The predicted octanol–water partition coefficient (Wildman–Crippen LogP) is 3.65. The molecule has 2 nitrogen and oxygen atoms in total. The second kappa shape index (κ2) is 4.71. The first kappa shape index (κ1) is 12.2. The van der Waals surface area contributed by atoms with Crippen molar-refractivity contribution in [2.45, 2.75) is 33.0 Å². The summed E-state index contributed by atoms with van der Waals surface area (Å²) in [5.41, 5.74) is 12.2. The van der Waals surface area contributed by atoms with E-state index in [2.05, 4.69) is 55.1 Å². The highest BCUT2D eigenvalue weighted by Gasteiger charge is 2.23. The zero-order valence-corrected chi connectivity index (χ0v) is 11.6. The van der Waals surface area contributed by atoms with Crippen LogP contribution >= 0.6 is 0 Å². The summed E-state index contributed by atoms with van der Waals surface area (Å²) in [5.74, 6) is 0. The Morgan fingerprint density at radius 3 is 2.42 bits per heavy atom. The van der Waals surface area contributed by atoms with E-state index in [1.165, 1.54) is 22.3 Å². The SMILES string of the molecule is Cc1ccc(C(C)N2Cc3ccc(N)cc3C2)cc1. The molecule has 19 heavy (non-hydrogen) atoms. The maximum absolute atomic E-state index is 5.86. The van der Waals surface area contributed by atoms with Gasteiger partial charge in [0.25, 0.3) is 0 Å². The minimum atomic E-state index is 0.439. The highest BCUT2D eigenvalue weighted by atomic mass is 15.2. The first-order valence-electron chi connectivity index (χ1n) is 6.81. The van der Waals surface area contributed by atoms with E-state index in [0.29, 0.717) is 6.04 Å². The Kier molecular flexibility index (Phi) is 3.03. The van der Waals surface area contributed by atoms with Crippen LogP contribution in [0.5, 0.6) is 0 Å². The molecule has 1 unspecified atom stereocenters. The largest absolute Gasteiger partial charge is 0.399 e. The molecule has 2 aromatic rings. The summed E-state index contributed by atoms with van der Waals surface area (Å²) >= 11 is 0. The lowest BCUT2D eigenvalue weighted by Gasteiger charge is -2.24. The highest BCUT2D eigenvalue weighted by molar-refractivity contribution is 5.46. The van der Waals surface area contributed by atoms with Crippen molar-refractivity contribution < 1.29 is 0 Å². The molecule has 1 atom stereocenters. The van der Waals surface area contributed by atoms with Gasteiger partial charge in [-0.2, -0.15) is 0 Å². The van der Waals surface area contributed by atoms with Gasteiger partial charge in [0, 0.05) is 24.8 Å². The monoisotopic (exact) mass is 252 g/mol. The molecule has 0 amide bonds. The molecule has 0 saturated carbocycles. The fourth-order valence-corrected chi connectivity index (χ4v) is 2.77. The third-order valence-corrected chi connectivity index (χ3v) is 4.08. The molecule has 98 valence electrons. The number of hydrogen-bond donors (Lipinski definition) is 1. The lowest BCUT2D eigenvalue weighted by Crippen LogP contribution is -2.20. The van der Waals surface area contributed by atoms with Crippen molar-refractivity contribution in [1.29, 1.82) is 0 Å². The quantitative estimate of drug-likeness (QED) is 0.827. The molecule has 0 radical (unpaired) electrons. The van der Waals surface area contributed by atoms with Crippen molar-refractivity contribution in [3.05, 3.63) is 64.7 Å². The summed E-state index contributed by atoms with van der Waals surface area (Å²) < 4.78 is 0. The Morgan fingerprint density at radius 2 is 1.68 bits per heavy atom. The molecule has 0 aliphatic carbocycles. The van der Waals surface area contributed by atoms with E-state index in [1.54, 1.807) is 0 Å². The number of fused-ring (bicyclic) bond motifs is 1. The summed E-state index contributed by atoms with van der Waals surface area (Å²) in [6, 6.07) is 15.5. The number of rotatable bonds is 2. The van der Waals surface area contributed by atoms with Gasteiger partial charge in [0.05, 0.1) is 0 Å². The van der Waals surface area contributed by atoms with Crippen LogP contribution in [-0.4, -0.2) is 4.90 Å². The number of nitrogens with two attached hydrogens (primary N) is 1. The third-order valence-electron chi connectivity index (χ3n) is 4.08. The maximum Gasteiger partial charge on any atom is 0.0326 e. The van der Waals surface area contributed by atoms with Crippen LogP contribution in [0.15, 0.2) is 42.5 Å². The summed E-state index contributed by atoms with van der Waals surface area (Å²) in [4.78, 5) is 2.49. The predicted molar refractivity (Wildman–Crippen MR) is 79.7 cm³/mol. The second-order valence-corrected chi connectivity index (χ2v) is 5.52. The van der Waals surface area contributed by atoms with Crippen LogP contribution in [0.1, 0.15) is 35.2 Å². The number of nitrogen functional groups attached to an aromatic ring is 1. The van der Waals surface area contributed by atoms with E-state index >= 15 is 0 Å². The molecule has 0 bridgehead atoms. The van der Waals surface area contributed by atoms with Gasteiger partial charge >= 0.3 is 0 Å². The van der Waals surface area contributed by atoms with Gasteiger partial charge in [0.15, 0.2) is 0 Å². The smallest absolute Gasteiger partial charge is 0.0326 e. The fourth-order valence-electron chi connectivity index (χ4n) is 2.77. The summed E-state index contributed by atoms with van der Waals surface area (Å²) in [7, 11) is 0. The molecule has 1 aliphatic heterocycles. The van der Waals surface area contributed by atoms with Crippen LogP contribution in [-0.2, 0) is 13.1 Å². The number of hydrogen-bond acceptors (Lipinski definition) is 2. The molecule has 0 saturated heterocycles. The van der Waals surface area contributed by atoms with Gasteiger partial charge in [0.2, 0.25) is 0 Å². The van der Waals surface area contributed by atoms with E-state index in [9.17, 15) is 0 Å². The topological polar surface area (TPSA) is 29.3 Å². The number of anilines is 1. The zero-order valence-electron chi connectivity index (χ0n) is 11.6. The molecule has 0 aromatic heterocycles. The lowest BCUT2D eigenvalue weighted by atomic mass is 10.1. The standard InChI is InChI=1S/C17H20N2/c1-12-3-5-14(6-4-12)13(2)19-10-15-7-8-17(18)9-16(15)11-19/h3-9,13H,10-11,18H2,1-2H3. The van der Waals surface area contributed by atoms with E-state index in [4.69, 9.17) is 5.73 Å². The van der Waals surface area contributed by atoms with Gasteiger partial charge in [-0.15, -0.1) is 0 Å². The first-order chi connectivity index (χ1) is 9.13. The van der Waals surface area contributed by atoms with Gasteiger partial charge in [0.1, 0.15) is 0 Å². The zero-order chi connectivity index (χ0) is 13.4. The van der Waals surface area contributed by atoms with E-state index in [-0.39, 0.29) is 0 Å². The Balaban J connectivity index is 1.80. The molecule has 2 heteroatoms. The summed E-state index contributed by atoms with van der Waals surface area (Å²) in [6.07, 6.45) is 0. The van der Waals surface area contributed by atoms with Gasteiger partial charge in [-0.3, -0.25) is 4.90 Å². The Bertz CT molecular complexity index is 587. The van der Waals surface area contributed by atoms with Crippen molar-refractivity contribution in [2.24, 2.45) is 0 Å². The Labute approximate surface area is 114 Å². The van der Waals surface area contributed by atoms with Crippen LogP contribution in [0.25, 0.3) is 0 Å². The number of aryl methyl sites for hydroxylation is 1. The molecule has 1 heterocycles. The maximum atomic E-state index is 5.86. The normalized spacial score (nSPS) is 16.3. The van der Waals surface area contributed by atoms with Crippen molar-refractivity contribution in [1.82, 2.24) is 4.90 Å². The highest BCUT2D eigenvalue weighted by Crippen LogP contribution is 2.31. The van der Waals surface area contributed by atoms with Gasteiger partial charge in [-0.1, -0.05) is 35.9 Å². The number of nitrogens with zero attached hydrogens (tertiary/aromatic N) is 1. The van der Waals surface area contributed by atoms with Crippen molar-refractivity contribution in [2.75, 3.05) is 5.73 Å². The van der Waals surface area contributed by atoms with Crippen LogP contribution in [0.2, 0.25) is 0 Å². The Morgan fingerprint density at radius 1 is 1.00 bits per heavy atom. The minimum absolute atomic E-state index is 0.439. The molecular formula is C17H20N2. The van der Waals surface area contributed by atoms with E-state index in [0.717, 1.165) is 18.8 Å². The first-order valence-corrected chi connectivity index (χ1v) is 6.81. The van der Waals surface area contributed by atoms with Crippen molar-refractivity contribution >= 4 is 5.69 Å². The molecular weight excluding hydrogens is 232 g/mol. The van der Waals surface area contributed by atoms with Crippen LogP contribution < -0.4 is 5.73 Å². The van der Waals surface area contributed by atoms with Crippen LogP contribution in [0, 0.1) is 6.92 Å². The van der Waals surface area contributed by atoms with Crippen molar-refractivity contribution in [3.8, 4) is 0 Å². The van der Waals surface area contributed by atoms with Crippen LogP contribution in [0.3, 0.4) is 0 Å². The molecule has 2 aromatic carbocycles. The van der Waals surface area contributed by atoms with Gasteiger partial charge < -0.3 is 5.73 Å². The molecule has 3 rings (SSSR count). The van der Waals surface area contributed by atoms with E-state index in [1.807, 2.05) is 6.07 Å². The lowest BCUT2D eigenvalue weighted by molar-refractivity contribution is 0.215. The fraction of sp³-hybridized carbons (Fsp3) is 0.294. The minimum Gasteiger partial charge on any atom is -0.399 e. The van der Waals surface area contributed by atoms with E-state index < -0.39 is 0 Å². The molecule has 1 aliphatic rings. The molecule has 2 N–H and O–H groups in total. The Hall–Kier alpha value is -1.80. The van der Waals surface area contributed by atoms with Crippen molar-refractivity contribution in [3.63, 3.8) is 0 Å². The molecule has 0 fully saturated rings. The number of benzene rings is 2. The molecule has 0 spiro atoms. The third kappa shape index (κ3) is 2.36. The average molecular weight is 252 g/mol. The van der Waals surface area contributed by atoms with Gasteiger partial charge in [-0.05, 0) is 42.7 Å². The second-order valence-electron chi connectivity index (χ2n) is 5.52. The summed E-state index contributed by atoms with van der Waals surface area (Å²) in [5, 5.41) is 0. The van der Waals surface area contributed by atoms with Gasteiger partial charge in [-0.25, -0.2) is 0 Å². The average Bonchev–Trinajstić information content (AvgIpc) is 2.81. The summed E-state index contributed by atoms with van der Waals surface area (Å²) in [6.45, 7) is 6.42.